The number of carbonyl (C=O) groups excluding carboxylic acids is 2. The molecule has 0 saturated heterocycles. The zero-order valence-electron chi connectivity index (χ0n) is 13.3. The standard InChI is InChI=1S/C19H14BrNO4/c1-24-19(23)15-4-2-3-5-16(15)21-18(22)12-8-9-25-17-7-6-14(20)11-13(17)10-12/h2-11H,1H3,(H,21,22). The summed E-state index contributed by atoms with van der Waals surface area (Å²) in [6.45, 7) is 0. The van der Waals surface area contributed by atoms with Crippen LogP contribution in [0.1, 0.15) is 15.9 Å². The smallest absolute Gasteiger partial charge is 0.339 e. The third-order valence-corrected chi connectivity index (χ3v) is 4.06. The van der Waals surface area contributed by atoms with Crippen molar-refractivity contribution in [3.05, 3.63) is 76.0 Å². The van der Waals surface area contributed by atoms with Crippen LogP contribution >= 0.6 is 15.9 Å². The zero-order chi connectivity index (χ0) is 17.8. The van der Waals surface area contributed by atoms with Crippen molar-refractivity contribution >= 4 is 39.6 Å². The summed E-state index contributed by atoms with van der Waals surface area (Å²) < 4.78 is 11.1. The highest BCUT2D eigenvalue weighted by Crippen LogP contribution is 2.28. The van der Waals surface area contributed by atoms with Crippen molar-refractivity contribution in [3.63, 3.8) is 0 Å². The van der Waals surface area contributed by atoms with Gasteiger partial charge in [-0.05, 0) is 42.5 Å². The minimum atomic E-state index is -0.515. The number of benzene rings is 2. The van der Waals surface area contributed by atoms with Crippen LogP contribution in [0, 0.1) is 0 Å². The molecular formula is C19H14BrNO4. The molecule has 6 heteroatoms. The maximum atomic E-state index is 12.6. The molecule has 0 saturated carbocycles. The molecule has 2 aromatic carbocycles. The van der Waals surface area contributed by atoms with E-state index in [0.717, 1.165) is 10.0 Å². The lowest BCUT2D eigenvalue weighted by Gasteiger charge is -2.10. The van der Waals surface area contributed by atoms with Crippen LogP contribution in [-0.2, 0) is 9.53 Å². The van der Waals surface area contributed by atoms with Gasteiger partial charge in [0.1, 0.15) is 5.75 Å². The van der Waals surface area contributed by atoms with Gasteiger partial charge < -0.3 is 14.8 Å². The molecule has 0 aliphatic carbocycles. The molecule has 0 atom stereocenters. The molecule has 2 aromatic rings. The first-order chi connectivity index (χ1) is 12.1. The van der Waals surface area contributed by atoms with Gasteiger partial charge in [-0.15, -0.1) is 0 Å². The largest absolute Gasteiger partial charge is 0.465 e. The highest BCUT2D eigenvalue weighted by molar-refractivity contribution is 9.10. The van der Waals surface area contributed by atoms with Crippen LogP contribution in [0.3, 0.4) is 0 Å². The van der Waals surface area contributed by atoms with E-state index in [1.807, 2.05) is 18.2 Å². The topological polar surface area (TPSA) is 64.6 Å². The number of para-hydroxylation sites is 1. The minimum absolute atomic E-state index is 0.288. The lowest BCUT2D eigenvalue weighted by atomic mass is 10.1. The van der Waals surface area contributed by atoms with E-state index < -0.39 is 5.97 Å². The first-order valence-corrected chi connectivity index (χ1v) is 8.21. The molecule has 0 unspecified atom stereocenters. The Balaban J connectivity index is 1.90. The zero-order valence-corrected chi connectivity index (χ0v) is 14.9. The van der Waals surface area contributed by atoms with Crippen molar-refractivity contribution in [1.82, 2.24) is 0 Å². The Morgan fingerprint density at radius 3 is 2.76 bits per heavy atom. The SMILES string of the molecule is COC(=O)c1ccccc1NC(=O)C1=Cc2cc(Br)ccc2OC=C1. The van der Waals surface area contributed by atoms with Crippen molar-refractivity contribution < 1.29 is 19.1 Å². The number of halogens is 1. The van der Waals surface area contributed by atoms with Gasteiger partial charge in [-0.2, -0.15) is 0 Å². The maximum Gasteiger partial charge on any atom is 0.339 e. The second-order valence-electron chi connectivity index (χ2n) is 5.19. The van der Waals surface area contributed by atoms with E-state index in [0.29, 0.717) is 17.0 Å². The van der Waals surface area contributed by atoms with Gasteiger partial charge >= 0.3 is 5.97 Å². The number of fused-ring (bicyclic) bond motifs is 1. The molecule has 126 valence electrons. The van der Waals surface area contributed by atoms with Crippen LogP contribution in [0.15, 0.2) is 64.8 Å². The van der Waals surface area contributed by atoms with Crippen LogP contribution in [0.25, 0.3) is 6.08 Å². The fraction of sp³-hybridized carbons (Fsp3) is 0.0526. The Labute approximate surface area is 153 Å². The molecule has 0 aromatic heterocycles. The number of esters is 1. The second-order valence-corrected chi connectivity index (χ2v) is 6.11. The van der Waals surface area contributed by atoms with E-state index in [9.17, 15) is 9.59 Å². The number of anilines is 1. The van der Waals surface area contributed by atoms with Crippen molar-refractivity contribution in [2.75, 3.05) is 12.4 Å². The van der Waals surface area contributed by atoms with E-state index >= 15 is 0 Å². The summed E-state index contributed by atoms with van der Waals surface area (Å²) in [5, 5.41) is 2.74. The Kier molecular flexibility index (Phi) is 5.00. The number of amides is 1. The van der Waals surface area contributed by atoms with E-state index in [1.165, 1.54) is 13.4 Å². The summed E-state index contributed by atoms with van der Waals surface area (Å²) in [6, 6.07) is 12.2. The number of hydrogen-bond donors (Lipinski definition) is 1. The van der Waals surface area contributed by atoms with Gasteiger partial charge in [-0.3, -0.25) is 4.79 Å². The monoisotopic (exact) mass is 399 g/mol. The second kappa shape index (κ2) is 7.36. The number of nitrogens with one attached hydrogen (secondary N) is 1. The predicted molar refractivity (Wildman–Crippen MR) is 98.3 cm³/mol. The van der Waals surface area contributed by atoms with Gasteiger partial charge in [0, 0.05) is 15.6 Å². The van der Waals surface area contributed by atoms with Crippen molar-refractivity contribution in [1.29, 1.82) is 0 Å². The van der Waals surface area contributed by atoms with Gasteiger partial charge in [-0.25, -0.2) is 4.79 Å². The number of rotatable bonds is 3. The molecule has 0 radical (unpaired) electrons. The van der Waals surface area contributed by atoms with Crippen molar-refractivity contribution in [3.8, 4) is 5.75 Å². The average Bonchev–Trinajstić information content (AvgIpc) is 2.83. The molecule has 25 heavy (non-hydrogen) atoms. The molecule has 0 fully saturated rings. The van der Waals surface area contributed by atoms with Crippen LogP contribution < -0.4 is 10.1 Å². The van der Waals surface area contributed by atoms with Crippen LogP contribution in [0.4, 0.5) is 5.69 Å². The highest BCUT2D eigenvalue weighted by atomic mass is 79.9. The van der Waals surface area contributed by atoms with Crippen LogP contribution in [0.5, 0.6) is 5.75 Å². The fourth-order valence-corrected chi connectivity index (χ4v) is 2.73. The first-order valence-electron chi connectivity index (χ1n) is 7.41. The summed E-state index contributed by atoms with van der Waals surface area (Å²) in [7, 11) is 1.30. The van der Waals surface area contributed by atoms with Gasteiger partial charge in [0.2, 0.25) is 0 Å². The molecule has 1 aliphatic rings. The Morgan fingerprint density at radius 2 is 1.96 bits per heavy atom. The summed E-state index contributed by atoms with van der Waals surface area (Å²) in [4.78, 5) is 24.4. The summed E-state index contributed by atoms with van der Waals surface area (Å²) in [5.74, 6) is -0.222. The molecule has 1 amide bonds. The van der Waals surface area contributed by atoms with E-state index in [1.54, 1.807) is 36.4 Å². The molecule has 3 rings (SSSR count). The van der Waals surface area contributed by atoms with Crippen molar-refractivity contribution in [2.45, 2.75) is 0 Å². The maximum absolute atomic E-state index is 12.6. The van der Waals surface area contributed by atoms with E-state index in [2.05, 4.69) is 21.2 Å². The molecule has 0 spiro atoms. The lowest BCUT2D eigenvalue weighted by molar-refractivity contribution is -0.112. The third-order valence-electron chi connectivity index (χ3n) is 3.57. The normalized spacial score (nSPS) is 12.3. The van der Waals surface area contributed by atoms with E-state index in [-0.39, 0.29) is 11.5 Å². The summed E-state index contributed by atoms with van der Waals surface area (Å²) in [6.07, 6.45) is 4.75. The van der Waals surface area contributed by atoms with Crippen LogP contribution in [0.2, 0.25) is 0 Å². The molecule has 0 bridgehead atoms. The number of methoxy groups -OCH3 is 1. The van der Waals surface area contributed by atoms with Gasteiger partial charge in [0.15, 0.2) is 0 Å². The Hall–Kier alpha value is -2.86. The molecule has 5 nitrogen and oxygen atoms in total. The minimum Gasteiger partial charge on any atom is -0.465 e. The fourth-order valence-electron chi connectivity index (χ4n) is 2.35. The van der Waals surface area contributed by atoms with Crippen LogP contribution in [-0.4, -0.2) is 19.0 Å². The molecule has 1 N–H and O–H groups in total. The van der Waals surface area contributed by atoms with Gasteiger partial charge in [0.05, 0.1) is 24.6 Å². The Morgan fingerprint density at radius 1 is 1.16 bits per heavy atom. The highest BCUT2D eigenvalue weighted by Gasteiger charge is 2.16. The molecular weight excluding hydrogens is 386 g/mol. The predicted octanol–water partition coefficient (Wildman–Crippen LogP) is 4.16. The molecule has 1 heterocycles. The quantitative estimate of drug-likeness (QED) is 0.786. The summed E-state index contributed by atoms with van der Waals surface area (Å²) >= 11 is 3.40. The van der Waals surface area contributed by atoms with Crippen molar-refractivity contribution in [2.24, 2.45) is 0 Å². The number of hydrogen-bond acceptors (Lipinski definition) is 4. The molecule has 1 aliphatic heterocycles. The number of ether oxygens (including phenoxy) is 2. The summed E-state index contributed by atoms with van der Waals surface area (Å²) in [5.41, 5.74) is 1.84. The first kappa shape index (κ1) is 17.0. The average molecular weight is 400 g/mol. The van der Waals surface area contributed by atoms with Gasteiger partial charge in [0.25, 0.3) is 5.91 Å². The third kappa shape index (κ3) is 3.80. The van der Waals surface area contributed by atoms with E-state index in [4.69, 9.17) is 9.47 Å². The number of carbonyl (C=O) groups is 2. The Bertz CT molecular complexity index is 902. The van der Waals surface area contributed by atoms with Gasteiger partial charge in [-0.1, -0.05) is 28.1 Å². The lowest BCUT2D eigenvalue weighted by Crippen LogP contribution is -2.16.